The number of allylic oxidation sites excluding steroid dienone is 11. The highest BCUT2D eigenvalue weighted by Crippen LogP contribution is 2.43. The van der Waals surface area contributed by atoms with E-state index in [1.54, 1.807) is 6.08 Å². The SMILES string of the molecule is CC/C=C\C/C=C\C/C=C\CCCCCCCC(=O)NC(COP(=O)(O)OCC[N+](C)(C)C)C(O)/C=C/CC/C=C/CC/C=C/CCCCCCCCCCCCCCCCCC. The van der Waals surface area contributed by atoms with Crippen LogP contribution in [0.15, 0.2) is 72.9 Å². The molecule has 0 aliphatic heterocycles. The van der Waals surface area contributed by atoms with Crippen LogP contribution >= 0.6 is 7.82 Å². The van der Waals surface area contributed by atoms with Gasteiger partial charge in [-0.3, -0.25) is 13.8 Å². The highest BCUT2D eigenvalue weighted by molar-refractivity contribution is 7.47. The van der Waals surface area contributed by atoms with E-state index in [0.717, 1.165) is 83.5 Å². The molecule has 0 aliphatic rings. The first kappa shape index (κ1) is 60.9. The maximum atomic E-state index is 12.9. The Hall–Kier alpha value is -2.06. The molecule has 63 heavy (non-hydrogen) atoms. The van der Waals surface area contributed by atoms with Crippen molar-refractivity contribution in [3.05, 3.63) is 72.9 Å². The summed E-state index contributed by atoms with van der Waals surface area (Å²) in [6.07, 6.45) is 61.5. The molecule has 0 fully saturated rings. The molecule has 0 aromatic rings. The lowest BCUT2D eigenvalue weighted by Crippen LogP contribution is -2.45. The molecule has 0 aliphatic carbocycles. The number of hydrogen-bond acceptors (Lipinski definition) is 5. The summed E-state index contributed by atoms with van der Waals surface area (Å²) in [6, 6.07) is -0.882. The summed E-state index contributed by atoms with van der Waals surface area (Å²) in [6.45, 7) is 4.66. The Morgan fingerprint density at radius 1 is 0.556 bits per heavy atom. The summed E-state index contributed by atoms with van der Waals surface area (Å²) in [4.78, 5) is 23.2. The van der Waals surface area contributed by atoms with Crippen LogP contribution in [0.5, 0.6) is 0 Å². The quantitative estimate of drug-likeness (QED) is 0.0243. The minimum absolute atomic E-state index is 0.0466. The lowest BCUT2D eigenvalue weighted by Gasteiger charge is -2.25. The Morgan fingerprint density at radius 2 is 0.968 bits per heavy atom. The molecular weight excluding hydrogens is 804 g/mol. The number of aliphatic hydroxyl groups is 1. The fraction of sp³-hybridized carbons (Fsp3) is 0.759. The monoisotopic (exact) mass is 904 g/mol. The Balaban J connectivity index is 4.36. The van der Waals surface area contributed by atoms with Crippen molar-refractivity contribution in [3.63, 3.8) is 0 Å². The number of carbonyl (C=O) groups excluding carboxylic acids is 1. The van der Waals surface area contributed by atoms with Crippen LogP contribution in [0.2, 0.25) is 0 Å². The molecule has 366 valence electrons. The highest BCUT2D eigenvalue weighted by Gasteiger charge is 2.27. The summed E-state index contributed by atoms with van der Waals surface area (Å²) < 4.78 is 23.6. The number of phosphoric acid groups is 1. The van der Waals surface area contributed by atoms with Crippen LogP contribution in [-0.4, -0.2) is 73.4 Å². The average Bonchev–Trinajstić information content (AvgIpc) is 3.24. The van der Waals surface area contributed by atoms with Gasteiger partial charge in [-0.05, 0) is 77.0 Å². The first-order chi connectivity index (χ1) is 30.5. The molecular formula is C54H100N2O6P+. The number of hydrogen-bond donors (Lipinski definition) is 3. The number of likely N-dealkylation sites (N-methyl/N-ethyl adjacent to an activating group) is 1. The average molecular weight is 904 g/mol. The summed E-state index contributed by atoms with van der Waals surface area (Å²) in [5.41, 5.74) is 0. The number of unbranched alkanes of at least 4 members (excludes halogenated alkanes) is 23. The molecule has 8 nitrogen and oxygen atoms in total. The van der Waals surface area contributed by atoms with Gasteiger partial charge in [-0.25, -0.2) is 4.57 Å². The van der Waals surface area contributed by atoms with Crippen LogP contribution in [0.25, 0.3) is 0 Å². The Labute approximate surface area is 389 Å². The van der Waals surface area contributed by atoms with E-state index in [9.17, 15) is 19.4 Å². The highest BCUT2D eigenvalue weighted by atomic mass is 31.2. The lowest BCUT2D eigenvalue weighted by atomic mass is 10.0. The summed E-state index contributed by atoms with van der Waals surface area (Å²) in [5.74, 6) is -0.210. The summed E-state index contributed by atoms with van der Waals surface area (Å²) in [5, 5.41) is 13.8. The largest absolute Gasteiger partial charge is 0.472 e. The van der Waals surface area contributed by atoms with Crippen LogP contribution < -0.4 is 5.32 Å². The molecule has 0 saturated carbocycles. The van der Waals surface area contributed by atoms with Crippen molar-refractivity contribution in [1.29, 1.82) is 0 Å². The van der Waals surface area contributed by atoms with Gasteiger partial charge in [0, 0.05) is 6.42 Å². The third-order valence-electron chi connectivity index (χ3n) is 11.1. The smallest absolute Gasteiger partial charge is 0.387 e. The fourth-order valence-corrected chi connectivity index (χ4v) is 7.82. The van der Waals surface area contributed by atoms with Gasteiger partial charge in [-0.1, -0.05) is 202 Å². The predicted octanol–water partition coefficient (Wildman–Crippen LogP) is 15.1. The second-order valence-electron chi connectivity index (χ2n) is 18.5. The van der Waals surface area contributed by atoms with Crippen molar-refractivity contribution in [2.24, 2.45) is 0 Å². The number of phosphoric ester groups is 1. The van der Waals surface area contributed by atoms with E-state index in [1.807, 2.05) is 27.2 Å². The van der Waals surface area contributed by atoms with Crippen molar-refractivity contribution in [2.75, 3.05) is 40.9 Å². The van der Waals surface area contributed by atoms with Gasteiger partial charge in [0.15, 0.2) is 0 Å². The molecule has 0 rings (SSSR count). The third kappa shape index (κ3) is 47.7. The number of nitrogens with one attached hydrogen (secondary N) is 1. The van der Waals surface area contributed by atoms with Gasteiger partial charge < -0.3 is 19.8 Å². The molecule has 3 atom stereocenters. The van der Waals surface area contributed by atoms with E-state index in [4.69, 9.17) is 9.05 Å². The normalized spacial score (nSPS) is 14.7. The summed E-state index contributed by atoms with van der Waals surface area (Å²) in [7, 11) is 1.52. The van der Waals surface area contributed by atoms with E-state index in [-0.39, 0.29) is 19.1 Å². The zero-order chi connectivity index (χ0) is 46.4. The zero-order valence-electron chi connectivity index (χ0n) is 41.5. The molecule has 0 aromatic carbocycles. The van der Waals surface area contributed by atoms with Crippen molar-refractivity contribution in [2.45, 2.75) is 225 Å². The van der Waals surface area contributed by atoms with Crippen LogP contribution in [0.1, 0.15) is 213 Å². The predicted molar refractivity (Wildman–Crippen MR) is 272 cm³/mol. The minimum Gasteiger partial charge on any atom is -0.387 e. The molecule has 0 bridgehead atoms. The van der Waals surface area contributed by atoms with Gasteiger partial charge in [-0.15, -0.1) is 0 Å². The van der Waals surface area contributed by atoms with Crippen molar-refractivity contribution >= 4 is 13.7 Å². The molecule has 0 aromatic heterocycles. The maximum absolute atomic E-state index is 12.9. The number of rotatable bonds is 46. The number of carbonyl (C=O) groups is 1. The second kappa shape index (κ2) is 45.1. The second-order valence-corrected chi connectivity index (χ2v) is 19.9. The maximum Gasteiger partial charge on any atom is 0.472 e. The van der Waals surface area contributed by atoms with Crippen LogP contribution in [0, 0.1) is 0 Å². The van der Waals surface area contributed by atoms with E-state index in [1.165, 1.54) is 109 Å². The van der Waals surface area contributed by atoms with Gasteiger partial charge in [0.05, 0.1) is 39.9 Å². The molecule has 3 unspecified atom stereocenters. The van der Waals surface area contributed by atoms with Gasteiger partial charge in [0.25, 0.3) is 0 Å². The van der Waals surface area contributed by atoms with Crippen LogP contribution in [0.3, 0.4) is 0 Å². The molecule has 0 heterocycles. The fourth-order valence-electron chi connectivity index (χ4n) is 7.09. The minimum atomic E-state index is -4.36. The third-order valence-corrected chi connectivity index (χ3v) is 12.1. The number of aliphatic hydroxyl groups excluding tert-OH is 1. The van der Waals surface area contributed by atoms with E-state index in [2.05, 4.69) is 79.9 Å². The number of nitrogens with zero attached hydrogens (tertiary/aromatic N) is 1. The van der Waals surface area contributed by atoms with Gasteiger partial charge in [0.2, 0.25) is 5.91 Å². The molecule has 0 radical (unpaired) electrons. The molecule has 0 saturated heterocycles. The standard InChI is InChI=1S/C54H99N2O6P/c1-6-8-10-12-14-16-18-20-22-23-24-25-26-27-28-29-30-31-32-34-35-37-39-41-43-45-47-53(57)52(51-62-63(59,60)61-50-49-56(3,4)5)55-54(58)48-46-44-42-40-38-36-33-21-19-17-15-13-11-9-7-2/h9,11,15,17,21,31-33,37,39,45,47,52-53,57H,6-8,10,12-14,16,18-20,22-30,34-36,38,40-44,46,48-51H2,1-5H3,(H-,55,58,59,60)/p+1/b11-9-,17-15-,32-31+,33-21-,39-37+,47-45+. The van der Waals surface area contributed by atoms with Gasteiger partial charge >= 0.3 is 7.82 Å². The van der Waals surface area contributed by atoms with Crippen LogP contribution in [-0.2, 0) is 18.4 Å². The molecule has 0 spiro atoms. The summed E-state index contributed by atoms with van der Waals surface area (Å²) >= 11 is 0. The van der Waals surface area contributed by atoms with Gasteiger partial charge in [0.1, 0.15) is 13.2 Å². The first-order valence-electron chi connectivity index (χ1n) is 25.8. The Bertz CT molecular complexity index is 1250. The van der Waals surface area contributed by atoms with E-state index < -0.39 is 20.0 Å². The van der Waals surface area contributed by atoms with Crippen LogP contribution in [0.4, 0.5) is 0 Å². The molecule has 3 N–H and O–H groups in total. The Kier molecular flexibility index (Phi) is 43.6. The van der Waals surface area contributed by atoms with Crippen molar-refractivity contribution in [1.82, 2.24) is 5.32 Å². The van der Waals surface area contributed by atoms with Gasteiger partial charge in [-0.2, -0.15) is 0 Å². The number of amides is 1. The van der Waals surface area contributed by atoms with Crippen molar-refractivity contribution in [3.8, 4) is 0 Å². The topological polar surface area (TPSA) is 105 Å². The van der Waals surface area contributed by atoms with Crippen molar-refractivity contribution < 1.29 is 32.9 Å². The Morgan fingerprint density at radius 3 is 1.46 bits per heavy atom. The lowest BCUT2D eigenvalue weighted by molar-refractivity contribution is -0.870. The zero-order valence-corrected chi connectivity index (χ0v) is 42.4. The first-order valence-corrected chi connectivity index (χ1v) is 27.3. The van der Waals surface area contributed by atoms with E-state index >= 15 is 0 Å². The van der Waals surface area contributed by atoms with E-state index in [0.29, 0.717) is 17.4 Å². The molecule has 1 amide bonds. The molecule has 9 heteroatoms. The number of quaternary nitrogens is 1.